The molecule has 2 aromatic heterocycles. The maximum absolute atomic E-state index is 6.06. The van der Waals surface area contributed by atoms with Gasteiger partial charge >= 0.3 is 0 Å². The van der Waals surface area contributed by atoms with Crippen molar-refractivity contribution in [2.75, 3.05) is 28.4 Å². The molecule has 3 aliphatic carbocycles. The Balaban J connectivity index is 0.843. The third kappa shape index (κ3) is 9.80. The fraction of sp³-hybridized carbons (Fsp3) is 0.260. The summed E-state index contributed by atoms with van der Waals surface area (Å²) in [5.74, 6) is 17.8. The van der Waals surface area contributed by atoms with E-state index in [9.17, 15) is 0 Å². The molecule has 0 unspecified atom stereocenters. The molecule has 6 nitrogen and oxygen atoms in total. The molecule has 2 saturated carbocycles. The number of benzene rings is 8. The quantitative estimate of drug-likeness (QED) is 0.112. The smallest absolute Gasteiger partial charge is 0.177 e. The van der Waals surface area contributed by atoms with Crippen LogP contribution in [0.1, 0.15) is 127 Å². The highest BCUT2D eigenvalue weighted by molar-refractivity contribution is 6.04. The first-order valence-corrected chi connectivity index (χ1v) is 28.4. The lowest BCUT2D eigenvalue weighted by atomic mass is 9.84. The Kier molecular flexibility index (Phi) is 13.7. The highest BCUT2D eigenvalue weighted by atomic mass is 16.5. The SMILES string of the molecule is COc1cc2cc3cc4c(nc3cc2c(C#Cc2ccc(-c3ccc(C5CCCCC5)cc3)cc2)c1OC)-c1nc2cc3c(C#Cc5ccc(-c6ccc(C7CCCCC7)cc6)cc5)c(OC)c(OC)cc3cc2cc1CCC4. The van der Waals surface area contributed by atoms with E-state index in [0.717, 1.165) is 96.3 Å². The molecule has 10 aromatic rings. The molecule has 0 amide bonds. The van der Waals surface area contributed by atoms with E-state index in [0.29, 0.717) is 34.8 Å². The molecule has 2 heterocycles. The van der Waals surface area contributed by atoms with E-state index in [4.69, 9.17) is 28.9 Å². The van der Waals surface area contributed by atoms with Crippen molar-refractivity contribution in [1.82, 2.24) is 9.97 Å². The van der Waals surface area contributed by atoms with Crippen LogP contribution in [-0.4, -0.2) is 38.4 Å². The lowest BCUT2D eigenvalue weighted by Gasteiger charge is -2.22. The molecule has 0 N–H and O–H groups in total. The van der Waals surface area contributed by atoms with E-state index in [1.807, 2.05) is 12.1 Å². The fourth-order valence-corrected chi connectivity index (χ4v) is 12.9. The van der Waals surface area contributed by atoms with Crippen LogP contribution in [-0.2, 0) is 12.8 Å². The van der Waals surface area contributed by atoms with E-state index in [-0.39, 0.29) is 0 Å². The van der Waals surface area contributed by atoms with Crippen molar-refractivity contribution in [2.24, 2.45) is 0 Å². The number of rotatable bonds is 8. The van der Waals surface area contributed by atoms with Gasteiger partial charge in [-0.3, -0.25) is 0 Å². The number of aryl methyl sites for hydroxylation is 2. The van der Waals surface area contributed by atoms with Gasteiger partial charge in [-0.05, 0) is 185 Å². The number of aromatic nitrogens is 2. The molecule has 0 spiro atoms. The molecule has 0 bridgehead atoms. The van der Waals surface area contributed by atoms with Gasteiger partial charge in [0.2, 0.25) is 0 Å². The van der Waals surface area contributed by atoms with Gasteiger partial charge in [-0.25, -0.2) is 9.97 Å². The van der Waals surface area contributed by atoms with Crippen molar-refractivity contribution >= 4 is 43.4 Å². The van der Waals surface area contributed by atoms with Crippen LogP contribution in [0.15, 0.2) is 146 Å². The Bertz CT molecular complexity index is 3820. The largest absolute Gasteiger partial charge is 0.493 e. The number of hydrogen-bond acceptors (Lipinski definition) is 6. The Hall–Kier alpha value is -8.58. The summed E-state index contributed by atoms with van der Waals surface area (Å²) in [5.41, 5.74) is 17.0. The first-order chi connectivity index (χ1) is 38.9. The molecule has 3 aliphatic rings. The van der Waals surface area contributed by atoms with Crippen LogP contribution in [0.3, 0.4) is 0 Å². The molecule has 0 atom stereocenters. The van der Waals surface area contributed by atoms with E-state index < -0.39 is 0 Å². The molecule has 0 aliphatic heterocycles. The third-order valence-corrected chi connectivity index (χ3v) is 17.2. The summed E-state index contributed by atoms with van der Waals surface area (Å²) in [5, 5.41) is 6.01. The van der Waals surface area contributed by atoms with Gasteiger partial charge in [0.25, 0.3) is 0 Å². The first-order valence-electron chi connectivity index (χ1n) is 28.4. The standard InChI is InChI=1S/C73H64N2O4/c1-76-68-42-58-40-60-38-56-16-11-17-57-39-61-41-59-43-69(77-2)73(79-4)63(37-23-47-20-26-51(27-21-47)55-34-30-53(31-35-55)49-14-9-6-10-15-49)65(59)45-67(61)75-71(57)70(56)74-66(60)44-64(58)62(72(68)78-3)36-22-46-18-24-50(25-19-46)54-32-28-52(29-33-54)48-12-7-5-8-13-48/h18-21,24-35,38-45,48-49H,5-17H2,1-4H3. The average Bonchev–Trinajstić information content (AvgIpc) is 3.67. The second-order valence-electron chi connectivity index (χ2n) is 21.9. The van der Waals surface area contributed by atoms with Gasteiger partial charge in [-0.1, -0.05) is 135 Å². The maximum atomic E-state index is 6.06. The van der Waals surface area contributed by atoms with E-state index in [1.54, 1.807) is 28.4 Å². The summed E-state index contributed by atoms with van der Waals surface area (Å²) in [7, 11) is 6.71. The van der Waals surface area contributed by atoms with Gasteiger partial charge in [0.15, 0.2) is 23.0 Å². The Labute approximate surface area is 464 Å². The van der Waals surface area contributed by atoms with Crippen LogP contribution in [0.5, 0.6) is 23.0 Å². The molecule has 0 saturated heterocycles. The number of ether oxygens (including phenoxy) is 4. The Morgan fingerprint density at radius 2 is 0.747 bits per heavy atom. The molecule has 0 radical (unpaired) electrons. The summed E-state index contributed by atoms with van der Waals surface area (Å²) in [6.45, 7) is 0. The van der Waals surface area contributed by atoms with Crippen molar-refractivity contribution in [2.45, 2.75) is 95.3 Å². The molecule has 79 heavy (non-hydrogen) atoms. The molecule has 8 aromatic carbocycles. The maximum Gasteiger partial charge on any atom is 0.177 e. The van der Waals surface area contributed by atoms with Gasteiger partial charge in [-0.2, -0.15) is 0 Å². The van der Waals surface area contributed by atoms with Crippen LogP contribution in [0.25, 0.3) is 77.0 Å². The van der Waals surface area contributed by atoms with Crippen LogP contribution in [0.4, 0.5) is 0 Å². The molecule has 2 fully saturated rings. The average molecular weight is 1030 g/mol. The topological polar surface area (TPSA) is 62.7 Å². The molecular formula is C73H64N2O4. The van der Waals surface area contributed by atoms with Crippen LogP contribution in [0, 0.1) is 23.7 Å². The van der Waals surface area contributed by atoms with Gasteiger partial charge in [-0.15, -0.1) is 0 Å². The lowest BCUT2D eigenvalue weighted by Crippen LogP contribution is -2.04. The van der Waals surface area contributed by atoms with Crippen LogP contribution < -0.4 is 18.9 Å². The van der Waals surface area contributed by atoms with Gasteiger partial charge in [0.05, 0.1) is 62.0 Å². The fourth-order valence-electron chi connectivity index (χ4n) is 12.9. The van der Waals surface area contributed by atoms with Gasteiger partial charge in [0.1, 0.15) is 0 Å². The monoisotopic (exact) mass is 1030 g/mol. The van der Waals surface area contributed by atoms with Crippen LogP contribution in [0.2, 0.25) is 0 Å². The summed E-state index contributed by atoms with van der Waals surface area (Å²) in [6, 6.07) is 52.9. The van der Waals surface area contributed by atoms with Gasteiger partial charge < -0.3 is 18.9 Å². The summed E-state index contributed by atoms with van der Waals surface area (Å²) in [6.07, 6.45) is 16.1. The molecule has 6 heteroatoms. The summed E-state index contributed by atoms with van der Waals surface area (Å²) < 4.78 is 24.0. The predicted octanol–water partition coefficient (Wildman–Crippen LogP) is 17.5. The zero-order valence-corrected chi connectivity index (χ0v) is 45.7. The van der Waals surface area contributed by atoms with E-state index >= 15 is 0 Å². The predicted molar refractivity (Wildman–Crippen MR) is 323 cm³/mol. The minimum absolute atomic E-state index is 0.596. The van der Waals surface area contributed by atoms with Crippen molar-refractivity contribution in [3.63, 3.8) is 0 Å². The number of methoxy groups -OCH3 is 4. The highest BCUT2D eigenvalue weighted by Crippen LogP contribution is 2.43. The zero-order valence-electron chi connectivity index (χ0n) is 45.7. The number of pyridine rings is 2. The first kappa shape index (κ1) is 50.0. The van der Waals surface area contributed by atoms with E-state index in [1.165, 1.54) is 109 Å². The summed E-state index contributed by atoms with van der Waals surface area (Å²) >= 11 is 0. The second kappa shape index (κ2) is 21.7. The van der Waals surface area contributed by atoms with Crippen LogP contribution >= 0.6 is 0 Å². The third-order valence-electron chi connectivity index (χ3n) is 17.2. The number of nitrogens with zero attached hydrogens (tertiary/aromatic N) is 2. The summed E-state index contributed by atoms with van der Waals surface area (Å²) in [4.78, 5) is 11.0. The van der Waals surface area contributed by atoms with E-state index in [2.05, 4.69) is 157 Å². The Morgan fingerprint density at radius 3 is 1.11 bits per heavy atom. The molecule has 390 valence electrons. The normalized spacial score (nSPS) is 14.6. The van der Waals surface area contributed by atoms with Crippen molar-refractivity contribution in [3.8, 4) is 80.3 Å². The Morgan fingerprint density at radius 1 is 0.367 bits per heavy atom. The molecular weight excluding hydrogens is 969 g/mol. The van der Waals surface area contributed by atoms with Crippen molar-refractivity contribution < 1.29 is 18.9 Å². The number of hydrogen-bond donors (Lipinski definition) is 0. The van der Waals surface area contributed by atoms with Gasteiger partial charge in [0, 0.05) is 32.7 Å². The minimum atomic E-state index is 0.596. The van der Waals surface area contributed by atoms with Crippen molar-refractivity contribution in [3.05, 3.63) is 190 Å². The second-order valence-corrected chi connectivity index (χ2v) is 21.9. The zero-order chi connectivity index (χ0) is 53.4. The highest BCUT2D eigenvalue weighted by Gasteiger charge is 2.23. The minimum Gasteiger partial charge on any atom is -0.493 e. The molecule has 13 rings (SSSR count). The number of fused-ring (bicyclic) bond motifs is 7. The lowest BCUT2D eigenvalue weighted by molar-refractivity contribution is 0.355. The van der Waals surface area contributed by atoms with Crippen molar-refractivity contribution in [1.29, 1.82) is 0 Å².